The average Bonchev–Trinajstić information content (AvgIpc) is 2.86. The summed E-state index contributed by atoms with van der Waals surface area (Å²) in [5.41, 5.74) is 5.74. The topological polar surface area (TPSA) is 69.1 Å². The molecule has 118 valence electrons. The van der Waals surface area contributed by atoms with Crippen molar-refractivity contribution in [3.63, 3.8) is 0 Å². The van der Waals surface area contributed by atoms with Gasteiger partial charge in [-0.2, -0.15) is 18.3 Å². The Balaban J connectivity index is 2.09. The Hall–Kier alpha value is -2.90. The molecule has 3 rings (SSSR count). The van der Waals surface area contributed by atoms with Crippen molar-refractivity contribution in [2.75, 3.05) is 0 Å². The van der Waals surface area contributed by atoms with Gasteiger partial charge in [0.15, 0.2) is 6.17 Å². The second-order valence-electron chi connectivity index (χ2n) is 4.84. The minimum Gasteiger partial charge on any atom is -0.397 e. The van der Waals surface area contributed by atoms with Gasteiger partial charge in [-0.1, -0.05) is 6.08 Å². The Bertz CT molecular complexity index is 787. The Labute approximate surface area is 129 Å². The first-order valence-corrected chi connectivity index (χ1v) is 6.69. The van der Waals surface area contributed by atoms with Crippen molar-refractivity contribution < 1.29 is 13.2 Å². The van der Waals surface area contributed by atoms with Crippen LogP contribution in [0.4, 0.5) is 13.2 Å². The van der Waals surface area contributed by atoms with Crippen LogP contribution >= 0.6 is 0 Å². The van der Waals surface area contributed by atoms with E-state index in [1.807, 2.05) is 0 Å². The number of hydrogen-bond donors (Lipinski definition) is 1. The molecule has 8 heteroatoms. The number of hydrogen-bond acceptors (Lipinski definition) is 4. The van der Waals surface area contributed by atoms with E-state index in [2.05, 4.69) is 15.1 Å². The van der Waals surface area contributed by atoms with E-state index in [4.69, 9.17) is 5.73 Å². The third kappa shape index (κ3) is 3.15. The van der Waals surface area contributed by atoms with Crippen LogP contribution in [0.2, 0.25) is 0 Å². The maximum absolute atomic E-state index is 13.3. The average molecular weight is 319 g/mol. The second kappa shape index (κ2) is 5.71. The molecule has 1 aliphatic rings. The van der Waals surface area contributed by atoms with Gasteiger partial charge in [0.1, 0.15) is 5.69 Å². The number of aromatic nitrogens is 3. The minimum atomic E-state index is -4.55. The second-order valence-corrected chi connectivity index (χ2v) is 4.84. The van der Waals surface area contributed by atoms with Gasteiger partial charge in [0.2, 0.25) is 0 Å². The van der Waals surface area contributed by atoms with Gasteiger partial charge in [-0.15, -0.1) is 0 Å². The van der Waals surface area contributed by atoms with Gasteiger partial charge in [-0.3, -0.25) is 9.98 Å². The molecule has 0 saturated carbocycles. The number of nitrogens with zero attached hydrogens (tertiary/aromatic N) is 4. The molecule has 0 fully saturated rings. The third-order valence-corrected chi connectivity index (χ3v) is 3.18. The number of pyridine rings is 1. The van der Waals surface area contributed by atoms with Gasteiger partial charge in [-0.25, -0.2) is 4.68 Å². The Morgan fingerprint density at radius 2 is 2.09 bits per heavy atom. The predicted molar refractivity (Wildman–Crippen MR) is 79.4 cm³/mol. The number of halogens is 3. The lowest BCUT2D eigenvalue weighted by Gasteiger charge is -2.13. The van der Waals surface area contributed by atoms with E-state index >= 15 is 0 Å². The first-order chi connectivity index (χ1) is 10.9. The van der Waals surface area contributed by atoms with Crippen LogP contribution in [0, 0.1) is 0 Å². The van der Waals surface area contributed by atoms with Gasteiger partial charge in [0.05, 0.1) is 5.69 Å². The molecule has 0 saturated heterocycles. The van der Waals surface area contributed by atoms with E-state index in [9.17, 15) is 13.2 Å². The highest BCUT2D eigenvalue weighted by atomic mass is 19.4. The fourth-order valence-corrected chi connectivity index (χ4v) is 2.13. The van der Waals surface area contributed by atoms with E-state index in [-0.39, 0.29) is 5.69 Å². The molecule has 0 bridgehead atoms. The van der Waals surface area contributed by atoms with Crippen molar-refractivity contribution in [3.05, 3.63) is 60.2 Å². The van der Waals surface area contributed by atoms with Crippen LogP contribution in [0.3, 0.4) is 0 Å². The Kier molecular flexibility index (Phi) is 3.73. The zero-order valence-electron chi connectivity index (χ0n) is 11.8. The molecule has 0 aliphatic carbocycles. The molecule has 2 aromatic heterocycles. The van der Waals surface area contributed by atoms with Crippen molar-refractivity contribution in [2.45, 2.75) is 12.3 Å². The fourth-order valence-electron chi connectivity index (χ4n) is 2.13. The molecule has 23 heavy (non-hydrogen) atoms. The molecule has 0 aromatic carbocycles. The molecule has 1 aliphatic heterocycles. The summed E-state index contributed by atoms with van der Waals surface area (Å²) in [7, 11) is 0. The highest BCUT2D eigenvalue weighted by Crippen LogP contribution is 2.34. The summed E-state index contributed by atoms with van der Waals surface area (Å²) < 4.78 is 40.8. The lowest BCUT2D eigenvalue weighted by Crippen LogP contribution is -2.17. The summed E-state index contributed by atoms with van der Waals surface area (Å²) in [6.07, 6.45) is 3.44. The molecule has 1 unspecified atom stereocenters. The zero-order valence-corrected chi connectivity index (χ0v) is 11.8. The van der Waals surface area contributed by atoms with Crippen molar-refractivity contribution in [1.82, 2.24) is 14.8 Å². The quantitative estimate of drug-likeness (QED) is 0.925. The predicted octanol–water partition coefficient (Wildman–Crippen LogP) is 2.95. The number of allylic oxidation sites excluding steroid dienone is 3. The summed E-state index contributed by atoms with van der Waals surface area (Å²) in [5, 5.41) is 4.06. The summed E-state index contributed by atoms with van der Waals surface area (Å²) in [4.78, 5) is 7.94. The SMILES string of the molecule is NC1=CC=CC(n2nc(-c3cccnc3)cc2C(F)(F)F)N=C1. The number of nitrogens with two attached hydrogens (primary N) is 1. The Morgan fingerprint density at radius 1 is 1.26 bits per heavy atom. The lowest BCUT2D eigenvalue weighted by atomic mass is 10.2. The van der Waals surface area contributed by atoms with Crippen molar-refractivity contribution in [2.24, 2.45) is 10.7 Å². The molecule has 0 radical (unpaired) electrons. The minimum absolute atomic E-state index is 0.180. The smallest absolute Gasteiger partial charge is 0.397 e. The molecule has 0 amide bonds. The number of rotatable bonds is 2. The van der Waals surface area contributed by atoms with Crippen LogP contribution in [-0.2, 0) is 6.18 Å². The molecule has 5 nitrogen and oxygen atoms in total. The van der Waals surface area contributed by atoms with Gasteiger partial charge >= 0.3 is 6.18 Å². The number of alkyl halides is 3. The van der Waals surface area contributed by atoms with E-state index in [0.717, 1.165) is 10.7 Å². The van der Waals surface area contributed by atoms with Crippen LogP contribution in [0.5, 0.6) is 0 Å². The highest BCUT2D eigenvalue weighted by Gasteiger charge is 2.37. The van der Waals surface area contributed by atoms with E-state index < -0.39 is 18.0 Å². The molecule has 2 aromatic rings. The van der Waals surface area contributed by atoms with Gasteiger partial charge in [0, 0.05) is 29.9 Å². The molecule has 0 spiro atoms. The first-order valence-electron chi connectivity index (χ1n) is 6.69. The molecular weight excluding hydrogens is 307 g/mol. The van der Waals surface area contributed by atoms with E-state index in [1.54, 1.807) is 24.3 Å². The normalized spacial score (nSPS) is 17.9. The van der Waals surface area contributed by atoms with Crippen molar-refractivity contribution >= 4 is 6.21 Å². The third-order valence-electron chi connectivity index (χ3n) is 3.18. The largest absolute Gasteiger partial charge is 0.433 e. The zero-order chi connectivity index (χ0) is 16.4. The van der Waals surface area contributed by atoms with Crippen LogP contribution in [0.1, 0.15) is 11.9 Å². The molecule has 1 atom stereocenters. The number of aliphatic imine (C=N–C) groups is 1. The standard InChI is InChI=1S/C15H12F3N5/c16-15(17,18)13-7-12(10-3-2-6-20-8-10)22-23(13)14-5-1-4-11(19)9-21-14/h1-9,14H,19H2. The summed E-state index contributed by atoms with van der Waals surface area (Å²) >= 11 is 0. The van der Waals surface area contributed by atoms with Crippen LogP contribution in [-0.4, -0.2) is 21.0 Å². The van der Waals surface area contributed by atoms with Gasteiger partial charge in [0.25, 0.3) is 0 Å². The van der Waals surface area contributed by atoms with Gasteiger partial charge in [-0.05, 0) is 30.4 Å². The highest BCUT2D eigenvalue weighted by molar-refractivity contribution is 5.78. The summed E-state index contributed by atoms with van der Waals surface area (Å²) in [6, 6.07) is 4.27. The van der Waals surface area contributed by atoms with Crippen LogP contribution in [0.15, 0.2) is 59.5 Å². The maximum atomic E-state index is 13.3. The van der Waals surface area contributed by atoms with E-state index in [0.29, 0.717) is 11.3 Å². The van der Waals surface area contributed by atoms with Crippen molar-refractivity contribution in [3.8, 4) is 11.3 Å². The van der Waals surface area contributed by atoms with Crippen LogP contribution < -0.4 is 5.73 Å². The first kappa shape index (κ1) is 15.0. The monoisotopic (exact) mass is 319 g/mol. The fraction of sp³-hybridized carbons (Fsp3) is 0.133. The molecular formula is C15H12F3N5. The maximum Gasteiger partial charge on any atom is 0.433 e. The van der Waals surface area contributed by atoms with Gasteiger partial charge < -0.3 is 5.73 Å². The van der Waals surface area contributed by atoms with E-state index in [1.165, 1.54) is 24.7 Å². The van der Waals surface area contributed by atoms with Crippen LogP contribution in [0.25, 0.3) is 11.3 Å². The molecule has 3 heterocycles. The van der Waals surface area contributed by atoms with Crippen molar-refractivity contribution in [1.29, 1.82) is 0 Å². The Morgan fingerprint density at radius 3 is 2.78 bits per heavy atom. The lowest BCUT2D eigenvalue weighted by molar-refractivity contribution is -0.144. The summed E-state index contributed by atoms with van der Waals surface area (Å²) in [6.45, 7) is 0. The molecule has 2 N–H and O–H groups in total. The summed E-state index contributed by atoms with van der Waals surface area (Å²) in [5.74, 6) is 0.